The third-order valence-electron chi connectivity index (χ3n) is 4.19. The Morgan fingerprint density at radius 3 is 2.42 bits per heavy atom. The molecule has 0 amide bonds. The van der Waals surface area contributed by atoms with E-state index in [0.29, 0.717) is 6.61 Å². The van der Waals surface area contributed by atoms with Gasteiger partial charge >= 0.3 is 0 Å². The molecule has 0 aliphatic heterocycles. The molecule has 0 saturated carbocycles. The molecule has 3 aromatic carbocycles. The molecule has 134 valence electrons. The van der Waals surface area contributed by atoms with Crippen LogP contribution < -0.4 is 10.1 Å². The summed E-state index contributed by atoms with van der Waals surface area (Å²) < 4.78 is 19.7. The van der Waals surface area contributed by atoms with Crippen molar-refractivity contribution in [3.63, 3.8) is 0 Å². The molecule has 26 heavy (non-hydrogen) atoms. The van der Waals surface area contributed by atoms with Gasteiger partial charge in [0.15, 0.2) is 0 Å². The van der Waals surface area contributed by atoms with Crippen LogP contribution in [-0.2, 0) is 19.6 Å². The number of hydrogen-bond donors (Lipinski definition) is 1. The SMILES string of the molecule is CCc1ccccc1NCc1ccc(OCc2ccc(F)cc2)c(Br)c1. The summed E-state index contributed by atoms with van der Waals surface area (Å²) in [6.45, 7) is 3.30. The molecule has 0 bridgehead atoms. The third-order valence-corrected chi connectivity index (χ3v) is 4.80. The molecule has 0 radical (unpaired) electrons. The fourth-order valence-corrected chi connectivity index (χ4v) is 3.25. The van der Waals surface area contributed by atoms with Crippen molar-refractivity contribution in [2.75, 3.05) is 5.32 Å². The van der Waals surface area contributed by atoms with E-state index in [9.17, 15) is 4.39 Å². The van der Waals surface area contributed by atoms with Gasteiger partial charge in [0.1, 0.15) is 18.2 Å². The predicted octanol–water partition coefficient (Wildman–Crippen LogP) is 6.34. The van der Waals surface area contributed by atoms with Crippen molar-refractivity contribution in [2.24, 2.45) is 0 Å². The van der Waals surface area contributed by atoms with Crippen LogP contribution in [0.3, 0.4) is 0 Å². The van der Waals surface area contributed by atoms with Crippen LogP contribution >= 0.6 is 15.9 Å². The highest BCUT2D eigenvalue weighted by atomic mass is 79.9. The van der Waals surface area contributed by atoms with Crippen molar-refractivity contribution >= 4 is 21.6 Å². The molecule has 0 aliphatic carbocycles. The summed E-state index contributed by atoms with van der Waals surface area (Å²) in [6, 6.07) is 20.8. The zero-order valence-corrected chi connectivity index (χ0v) is 16.2. The van der Waals surface area contributed by atoms with Gasteiger partial charge in [-0.05, 0) is 69.4 Å². The minimum atomic E-state index is -0.239. The topological polar surface area (TPSA) is 21.3 Å². The van der Waals surface area contributed by atoms with Gasteiger partial charge in [0, 0.05) is 12.2 Å². The van der Waals surface area contributed by atoms with E-state index >= 15 is 0 Å². The maximum Gasteiger partial charge on any atom is 0.134 e. The van der Waals surface area contributed by atoms with Gasteiger partial charge in [-0.3, -0.25) is 0 Å². The van der Waals surface area contributed by atoms with Crippen LogP contribution in [0.15, 0.2) is 71.2 Å². The maximum atomic E-state index is 12.9. The summed E-state index contributed by atoms with van der Waals surface area (Å²) in [4.78, 5) is 0. The number of ether oxygens (including phenoxy) is 1. The molecule has 4 heteroatoms. The zero-order chi connectivity index (χ0) is 18.4. The second-order valence-corrected chi connectivity index (χ2v) is 6.90. The van der Waals surface area contributed by atoms with Crippen LogP contribution in [0.25, 0.3) is 0 Å². The first kappa shape index (κ1) is 18.5. The minimum absolute atomic E-state index is 0.239. The van der Waals surface area contributed by atoms with Crippen molar-refractivity contribution in [3.05, 3.63) is 93.7 Å². The number of anilines is 1. The Morgan fingerprint density at radius 1 is 0.962 bits per heavy atom. The summed E-state index contributed by atoms with van der Waals surface area (Å²) in [5, 5.41) is 3.49. The molecule has 3 aromatic rings. The molecule has 0 saturated heterocycles. The van der Waals surface area contributed by atoms with Gasteiger partial charge in [-0.25, -0.2) is 4.39 Å². The molecule has 0 atom stereocenters. The number of para-hydroxylation sites is 1. The van der Waals surface area contributed by atoms with Gasteiger partial charge in [-0.1, -0.05) is 43.3 Å². The lowest BCUT2D eigenvalue weighted by molar-refractivity contribution is 0.304. The number of aryl methyl sites for hydroxylation is 1. The van der Waals surface area contributed by atoms with E-state index in [-0.39, 0.29) is 5.82 Å². The van der Waals surface area contributed by atoms with E-state index in [1.165, 1.54) is 23.4 Å². The molecule has 0 aliphatic rings. The average Bonchev–Trinajstić information content (AvgIpc) is 2.67. The number of halogens is 2. The zero-order valence-electron chi connectivity index (χ0n) is 14.6. The molecule has 0 heterocycles. The van der Waals surface area contributed by atoms with E-state index in [4.69, 9.17) is 4.74 Å². The van der Waals surface area contributed by atoms with Crippen LogP contribution in [0.2, 0.25) is 0 Å². The fourth-order valence-electron chi connectivity index (χ4n) is 2.71. The van der Waals surface area contributed by atoms with E-state index in [2.05, 4.69) is 52.4 Å². The Morgan fingerprint density at radius 2 is 1.69 bits per heavy atom. The summed E-state index contributed by atoms with van der Waals surface area (Å²) in [5.41, 5.74) is 4.57. The summed E-state index contributed by atoms with van der Waals surface area (Å²) >= 11 is 3.57. The number of nitrogens with one attached hydrogen (secondary N) is 1. The van der Waals surface area contributed by atoms with Gasteiger partial charge in [0.2, 0.25) is 0 Å². The minimum Gasteiger partial charge on any atom is -0.488 e. The Kier molecular flexibility index (Phi) is 6.29. The molecule has 1 N–H and O–H groups in total. The summed E-state index contributed by atoms with van der Waals surface area (Å²) in [7, 11) is 0. The van der Waals surface area contributed by atoms with E-state index in [0.717, 1.165) is 34.3 Å². The molecule has 0 aromatic heterocycles. The van der Waals surface area contributed by atoms with Crippen LogP contribution in [-0.4, -0.2) is 0 Å². The van der Waals surface area contributed by atoms with E-state index < -0.39 is 0 Å². The van der Waals surface area contributed by atoms with Gasteiger partial charge in [-0.2, -0.15) is 0 Å². The normalized spacial score (nSPS) is 10.6. The highest BCUT2D eigenvalue weighted by Crippen LogP contribution is 2.27. The predicted molar refractivity (Wildman–Crippen MR) is 108 cm³/mol. The van der Waals surface area contributed by atoms with Crippen LogP contribution in [0.5, 0.6) is 5.75 Å². The average molecular weight is 414 g/mol. The number of benzene rings is 3. The molecule has 0 spiro atoms. The van der Waals surface area contributed by atoms with Crippen molar-refractivity contribution in [2.45, 2.75) is 26.5 Å². The lowest BCUT2D eigenvalue weighted by atomic mass is 10.1. The Balaban J connectivity index is 1.61. The van der Waals surface area contributed by atoms with Crippen LogP contribution in [0.1, 0.15) is 23.6 Å². The van der Waals surface area contributed by atoms with Gasteiger partial charge in [0.05, 0.1) is 4.47 Å². The smallest absolute Gasteiger partial charge is 0.134 e. The molecule has 3 rings (SSSR count). The highest BCUT2D eigenvalue weighted by Gasteiger charge is 2.05. The molecular weight excluding hydrogens is 393 g/mol. The van der Waals surface area contributed by atoms with Crippen molar-refractivity contribution < 1.29 is 9.13 Å². The van der Waals surface area contributed by atoms with Crippen molar-refractivity contribution in [1.82, 2.24) is 0 Å². The first-order valence-electron chi connectivity index (χ1n) is 8.63. The Hall–Kier alpha value is -2.33. The van der Waals surface area contributed by atoms with Gasteiger partial charge in [0.25, 0.3) is 0 Å². The molecule has 0 unspecified atom stereocenters. The lowest BCUT2D eigenvalue weighted by Gasteiger charge is -2.13. The van der Waals surface area contributed by atoms with E-state index in [1.54, 1.807) is 12.1 Å². The second-order valence-electron chi connectivity index (χ2n) is 6.04. The largest absolute Gasteiger partial charge is 0.488 e. The Labute approximate surface area is 162 Å². The monoisotopic (exact) mass is 413 g/mol. The van der Waals surface area contributed by atoms with Crippen LogP contribution in [0.4, 0.5) is 10.1 Å². The first-order valence-corrected chi connectivity index (χ1v) is 9.42. The third kappa shape index (κ3) is 4.85. The molecule has 2 nitrogen and oxygen atoms in total. The standard InChI is InChI=1S/C22H21BrFNO/c1-2-18-5-3-4-6-21(18)25-14-17-9-12-22(20(23)13-17)26-15-16-7-10-19(24)11-8-16/h3-13,25H,2,14-15H2,1H3. The number of rotatable bonds is 7. The van der Waals surface area contributed by atoms with Crippen LogP contribution in [0, 0.1) is 5.82 Å². The van der Waals surface area contributed by atoms with Gasteiger partial charge in [-0.15, -0.1) is 0 Å². The Bertz CT molecular complexity index is 864. The maximum absolute atomic E-state index is 12.9. The van der Waals surface area contributed by atoms with Crippen molar-refractivity contribution in [3.8, 4) is 5.75 Å². The second kappa shape index (κ2) is 8.86. The van der Waals surface area contributed by atoms with E-state index in [1.807, 2.05) is 18.2 Å². The van der Waals surface area contributed by atoms with Gasteiger partial charge < -0.3 is 10.1 Å². The fraction of sp³-hybridized carbons (Fsp3) is 0.182. The highest BCUT2D eigenvalue weighted by molar-refractivity contribution is 9.10. The molecular formula is C22H21BrFNO. The molecule has 0 fully saturated rings. The lowest BCUT2D eigenvalue weighted by Crippen LogP contribution is -2.02. The summed E-state index contributed by atoms with van der Waals surface area (Å²) in [5.74, 6) is 0.531. The first-order chi connectivity index (χ1) is 12.7. The number of hydrogen-bond acceptors (Lipinski definition) is 2. The quantitative estimate of drug-likeness (QED) is 0.487. The summed E-state index contributed by atoms with van der Waals surface area (Å²) in [6.07, 6.45) is 1.00. The van der Waals surface area contributed by atoms with Crippen molar-refractivity contribution in [1.29, 1.82) is 0 Å².